The third kappa shape index (κ3) is 1.51. The van der Waals surface area contributed by atoms with Gasteiger partial charge in [0.2, 0.25) is 0 Å². The van der Waals surface area contributed by atoms with Crippen molar-refractivity contribution in [3.63, 3.8) is 0 Å². The van der Waals surface area contributed by atoms with E-state index in [0.29, 0.717) is 6.42 Å². The van der Waals surface area contributed by atoms with Gasteiger partial charge in [-0.25, -0.2) is 0 Å². The summed E-state index contributed by atoms with van der Waals surface area (Å²) >= 11 is 0. The molecule has 0 radical (unpaired) electrons. The number of aliphatic hydroxyl groups is 3. The number of rotatable bonds is 3. The quantitative estimate of drug-likeness (QED) is 0.398. The van der Waals surface area contributed by atoms with Gasteiger partial charge in [0.1, 0.15) is 7.85 Å². The molecule has 0 saturated heterocycles. The van der Waals surface area contributed by atoms with E-state index in [0.717, 1.165) is 0 Å². The van der Waals surface area contributed by atoms with Gasteiger partial charge in [0.15, 0.2) is 0 Å². The lowest BCUT2D eigenvalue weighted by molar-refractivity contribution is 0.203. The predicted octanol–water partition coefficient (Wildman–Crippen LogP) is -2.07. The van der Waals surface area contributed by atoms with E-state index in [9.17, 15) is 0 Å². The molecule has 4 atom stereocenters. The Kier molecular flexibility index (Phi) is 2.34. The zero-order valence-corrected chi connectivity index (χ0v) is 6.07. The third-order valence-corrected chi connectivity index (χ3v) is 2.11. The summed E-state index contributed by atoms with van der Waals surface area (Å²) in [6.45, 7) is 0.0402. The minimum atomic E-state index is -0.375. The Morgan fingerprint density at radius 1 is 1.40 bits per heavy atom. The van der Waals surface area contributed by atoms with Crippen molar-refractivity contribution < 1.29 is 15.3 Å². The monoisotopic (exact) mass is 144 g/mol. The molecule has 10 heavy (non-hydrogen) atoms. The standard InChI is InChI=1S/C6H13BO3/c7-5(9)1-3-4(2-8)6(3)10/h3-6,8-10H,1-2,7H2/t3?,4?,5-,6?/m1/s1. The average Bonchev–Trinajstić information content (AvgIpc) is 2.41. The second-order valence-corrected chi connectivity index (χ2v) is 3.09. The van der Waals surface area contributed by atoms with Crippen LogP contribution in [-0.2, 0) is 0 Å². The molecular weight excluding hydrogens is 131 g/mol. The lowest BCUT2D eigenvalue weighted by atomic mass is 9.94. The zero-order valence-electron chi connectivity index (χ0n) is 6.07. The Bertz CT molecular complexity index is 118. The summed E-state index contributed by atoms with van der Waals surface area (Å²) < 4.78 is 0. The van der Waals surface area contributed by atoms with Crippen molar-refractivity contribution in [2.75, 3.05) is 6.61 Å². The third-order valence-electron chi connectivity index (χ3n) is 2.11. The SMILES string of the molecule is B[C@H](O)CC1C(O)C1CO. The topological polar surface area (TPSA) is 60.7 Å². The summed E-state index contributed by atoms with van der Waals surface area (Å²) in [5.74, 6) is 0.152. The summed E-state index contributed by atoms with van der Waals surface area (Å²) in [5.41, 5.74) is 0. The summed E-state index contributed by atoms with van der Waals surface area (Å²) in [6, 6.07) is -0.365. The molecule has 0 aromatic rings. The lowest BCUT2D eigenvalue weighted by Crippen LogP contribution is -2.07. The van der Waals surface area contributed by atoms with E-state index in [-0.39, 0.29) is 30.5 Å². The van der Waals surface area contributed by atoms with Crippen molar-refractivity contribution in [3.05, 3.63) is 0 Å². The van der Waals surface area contributed by atoms with E-state index in [1.807, 2.05) is 0 Å². The summed E-state index contributed by atoms with van der Waals surface area (Å²) in [7, 11) is 1.69. The molecule has 0 bridgehead atoms. The van der Waals surface area contributed by atoms with Crippen molar-refractivity contribution in [1.29, 1.82) is 0 Å². The first kappa shape index (κ1) is 8.05. The predicted molar refractivity (Wildman–Crippen MR) is 39.2 cm³/mol. The van der Waals surface area contributed by atoms with Gasteiger partial charge in [-0.1, -0.05) is 0 Å². The van der Waals surface area contributed by atoms with Crippen molar-refractivity contribution in [1.82, 2.24) is 0 Å². The van der Waals surface area contributed by atoms with Crippen LogP contribution in [0.15, 0.2) is 0 Å². The molecule has 3 unspecified atom stereocenters. The maximum atomic E-state index is 9.06. The maximum Gasteiger partial charge on any atom is 0.138 e. The second-order valence-electron chi connectivity index (χ2n) is 3.09. The van der Waals surface area contributed by atoms with Crippen LogP contribution in [0.5, 0.6) is 0 Å². The number of hydrogen-bond donors (Lipinski definition) is 3. The van der Waals surface area contributed by atoms with Gasteiger partial charge in [-0.3, -0.25) is 0 Å². The van der Waals surface area contributed by atoms with Crippen molar-refractivity contribution >= 4 is 7.85 Å². The molecule has 0 heterocycles. The fraction of sp³-hybridized carbons (Fsp3) is 1.00. The van der Waals surface area contributed by atoms with E-state index in [2.05, 4.69) is 0 Å². The van der Waals surface area contributed by atoms with E-state index < -0.39 is 0 Å². The molecule has 0 amide bonds. The molecule has 3 N–H and O–H groups in total. The smallest absolute Gasteiger partial charge is 0.138 e. The second kappa shape index (κ2) is 2.90. The molecule has 58 valence electrons. The zero-order chi connectivity index (χ0) is 7.72. The van der Waals surface area contributed by atoms with Gasteiger partial charge < -0.3 is 15.3 Å². The van der Waals surface area contributed by atoms with Gasteiger partial charge in [0.25, 0.3) is 0 Å². The molecule has 3 nitrogen and oxygen atoms in total. The molecule has 0 aromatic carbocycles. The van der Waals surface area contributed by atoms with Crippen LogP contribution >= 0.6 is 0 Å². The van der Waals surface area contributed by atoms with Crippen molar-refractivity contribution in [3.8, 4) is 0 Å². The molecule has 1 rings (SSSR count). The molecule has 1 aliphatic rings. The van der Waals surface area contributed by atoms with Crippen LogP contribution in [0.3, 0.4) is 0 Å². The van der Waals surface area contributed by atoms with Gasteiger partial charge in [-0.2, -0.15) is 0 Å². The van der Waals surface area contributed by atoms with Crippen LogP contribution in [0.1, 0.15) is 6.42 Å². The molecule has 0 spiro atoms. The van der Waals surface area contributed by atoms with E-state index in [1.165, 1.54) is 0 Å². The van der Waals surface area contributed by atoms with Crippen LogP contribution in [0.2, 0.25) is 0 Å². The average molecular weight is 144 g/mol. The first-order chi connectivity index (χ1) is 4.66. The molecule has 1 aliphatic carbocycles. The fourth-order valence-electron chi connectivity index (χ4n) is 1.38. The van der Waals surface area contributed by atoms with Gasteiger partial charge >= 0.3 is 0 Å². The highest BCUT2D eigenvalue weighted by Gasteiger charge is 2.48. The van der Waals surface area contributed by atoms with Gasteiger partial charge in [0, 0.05) is 18.5 Å². The molecule has 0 aliphatic heterocycles. The van der Waals surface area contributed by atoms with Crippen LogP contribution < -0.4 is 0 Å². The fourth-order valence-corrected chi connectivity index (χ4v) is 1.38. The first-order valence-electron chi connectivity index (χ1n) is 3.63. The normalized spacial score (nSPS) is 41.3. The highest BCUT2D eigenvalue weighted by atomic mass is 16.3. The van der Waals surface area contributed by atoms with Crippen LogP contribution in [0.4, 0.5) is 0 Å². The van der Waals surface area contributed by atoms with E-state index in [4.69, 9.17) is 15.3 Å². The number of hydrogen-bond acceptors (Lipinski definition) is 3. The highest BCUT2D eigenvalue weighted by molar-refractivity contribution is 6.10. The van der Waals surface area contributed by atoms with Crippen LogP contribution in [0.25, 0.3) is 0 Å². The Hall–Kier alpha value is -0.0551. The Balaban J connectivity index is 2.21. The first-order valence-corrected chi connectivity index (χ1v) is 3.63. The summed E-state index contributed by atoms with van der Waals surface area (Å²) in [6.07, 6.45) is 0.228. The molecule has 1 saturated carbocycles. The molecule has 0 aromatic heterocycles. The van der Waals surface area contributed by atoms with Gasteiger partial charge in [-0.05, 0) is 12.3 Å². The minimum absolute atomic E-state index is 0.0228. The van der Waals surface area contributed by atoms with Crippen LogP contribution in [0, 0.1) is 11.8 Å². The largest absolute Gasteiger partial charge is 0.402 e. The van der Waals surface area contributed by atoms with Crippen molar-refractivity contribution in [2.45, 2.75) is 18.5 Å². The Labute approximate surface area is 61.1 Å². The van der Waals surface area contributed by atoms with Crippen LogP contribution in [-0.4, -0.2) is 41.9 Å². The molecular formula is C6H13BO3. The van der Waals surface area contributed by atoms with Gasteiger partial charge in [-0.15, -0.1) is 0 Å². The summed E-state index contributed by atoms with van der Waals surface area (Å²) in [5, 5.41) is 26.6. The van der Waals surface area contributed by atoms with E-state index in [1.54, 1.807) is 7.85 Å². The summed E-state index contributed by atoms with van der Waals surface area (Å²) in [4.78, 5) is 0. The minimum Gasteiger partial charge on any atom is -0.402 e. The molecule has 1 fully saturated rings. The Morgan fingerprint density at radius 2 is 2.00 bits per heavy atom. The Morgan fingerprint density at radius 3 is 2.30 bits per heavy atom. The van der Waals surface area contributed by atoms with Gasteiger partial charge in [0.05, 0.1) is 6.10 Å². The number of aliphatic hydroxyl groups excluding tert-OH is 3. The highest BCUT2D eigenvalue weighted by Crippen LogP contribution is 2.41. The maximum absolute atomic E-state index is 9.06. The molecule has 4 heteroatoms. The lowest BCUT2D eigenvalue weighted by Gasteiger charge is -1.99. The van der Waals surface area contributed by atoms with Crippen molar-refractivity contribution in [2.24, 2.45) is 11.8 Å². The van der Waals surface area contributed by atoms with E-state index >= 15 is 0 Å².